The summed E-state index contributed by atoms with van der Waals surface area (Å²) in [4.78, 5) is 20.7. The van der Waals surface area contributed by atoms with Gasteiger partial charge in [0.1, 0.15) is 11.6 Å². The number of hydrogen-bond donors (Lipinski definition) is 2. The Morgan fingerprint density at radius 1 is 1.43 bits per heavy atom. The first-order chi connectivity index (χ1) is 11.0. The quantitative estimate of drug-likeness (QED) is 0.879. The lowest BCUT2D eigenvalue weighted by atomic mass is 9.83. The van der Waals surface area contributed by atoms with Crippen LogP contribution in [0.4, 0.5) is 0 Å². The van der Waals surface area contributed by atoms with Crippen LogP contribution in [0.3, 0.4) is 0 Å². The lowest BCUT2D eigenvalue weighted by Crippen LogP contribution is -2.47. The Labute approximate surface area is 134 Å². The molecule has 7 nitrogen and oxygen atoms in total. The van der Waals surface area contributed by atoms with Crippen LogP contribution < -0.4 is 5.32 Å². The SMILES string of the molecule is Cc1nc([C@H]2CC[C@@H](O)[C@H](NC(=O)c3cccnc3)C2)n(C)n1. The maximum absolute atomic E-state index is 12.3. The first-order valence-electron chi connectivity index (χ1n) is 7.81. The molecule has 1 fully saturated rings. The Bertz CT molecular complexity index is 685. The Morgan fingerprint density at radius 3 is 2.91 bits per heavy atom. The predicted octanol–water partition coefficient (Wildman–Crippen LogP) is 0.946. The highest BCUT2D eigenvalue weighted by atomic mass is 16.3. The number of amides is 1. The van der Waals surface area contributed by atoms with Gasteiger partial charge in [-0.15, -0.1) is 0 Å². The molecule has 0 aromatic carbocycles. The Hall–Kier alpha value is -2.28. The molecule has 2 N–H and O–H groups in total. The van der Waals surface area contributed by atoms with Gasteiger partial charge in [-0.3, -0.25) is 14.5 Å². The van der Waals surface area contributed by atoms with Crippen molar-refractivity contribution in [1.29, 1.82) is 0 Å². The summed E-state index contributed by atoms with van der Waals surface area (Å²) < 4.78 is 1.79. The van der Waals surface area contributed by atoms with Gasteiger partial charge in [0, 0.05) is 25.4 Å². The molecule has 3 atom stereocenters. The lowest BCUT2D eigenvalue weighted by molar-refractivity contribution is 0.0669. The predicted molar refractivity (Wildman–Crippen MR) is 83.8 cm³/mol. The van der Waals surface area contributed by atoms with Crippen molar-refractivity contribution in [2.45, 2.75) is 44.2 Å². The van der Waals surface area contributed by atoms with Crippen LogP contribution in [0.5, 0.6) is 0 Å². The number of carbonyl (C=O) groups excluding carboxylic acids is 1. The monoisotopic (exact) mass is 315 g/mol. The lowest BCUT2D eigenvalue weighted by Gasteiger charge is -2.33. The van der Waals surface area contributed by atoms with Crippen molar-refractivity contribution in [3.8, 4) is 0 Å². The number of aliphatic hydroxyl groups excluding tert-OH is 1. The molecule has 0 spiro atoms. The molecular weight excluding hydrogens is 294 g/mol. The highest BCUT2D eigenvalue weighted by Gasteiger charge is 2.33. The van der Waals surface area contributed by atoms with Crippen molar-refractivity contribution in [2.24, 2.45) is 7.05 Å². The molecule has 0 bridgehead atoms. The van der Waals surface area contributed by atoms with Gasteiger partial charge in [-0.25, -0.2) is 4.98 Å². The van der Waals surface area contributed by atoms with E-state index in [4.69, 9.17) is 0 Å². The van der Waals surface area contributed by atoms with Gasteiger partial charge in [0.25, 0.3) is 5.91 Å². The van der Waals surface area contributed by atoms with Crippen LogP contribution in [-0.2, 0) is 7.05 Å². The zero-order valence-electron chi connectivity index (χ0n) is 13.3. The first-order valence-corrected chi connectivity index (χ1v) is 7.81. The number of aromatic nitrogens is 4. The van der Waals surface area contributed by atoms with Gasteiger partial charge in [-0.2, -0.15) is 5.10 Å². The van der Waals surface area contributed by atoms with Crippen LogP contribution in [-0.4, -0.2) is 42.9 Å². The van der Waals surface area contributed by atoms with Crippen LogP contribution in [0.25, 0.3) is 0 Å². The molecule has 7 heteroatoms. The smallest absolute Gasteiger partial charge is 0.253 e. The van der Waals surface area contributed by atoms with Crippen LogP contribution in [0.1, 0.15) is 47.2 Å². The van der Waals surface area contributed by atoms with E-state index >= 15 is 0 Å². The van der Waals surface area contributed by atoms with Gasteiger partial charge in [-0.1, -0.05) is 0 Å². The van der Waals surface area contributed by atoms with E-state index in [0.717, 1.165) is 18.1 Å². The molecule has 2 aromatic heterocycles. The standard InChI is InChI=1S/C16H21N5O2/c1-10-18-15(21(2)20-10)11-5-6-14(22)13(8-11)19-16(23)12-4-3-7-17-9-12/h3-4,7,9,11,13-14,22H,5-6,8H2,1-2H3,(H,19,23)/t11-,13+,14+/m0/s1. The molecule has 0 unspecified atom stereocenters. The molecule has 0 saturated heterocycles. The molecule has 122 valence electrons. The summed E-state index contributed by atoms with van der Waals surface area (Å²) in [5.74, 6) is 1.63. The van der Waals surface area contributed by atoms with Crippen LogP contribution >= 0.6 is 0 Å². The highest BCUT2D eigenvalue weighted by molar-refractivity contribution is 5.94. The average Bonchev–Trinajstić information content (AvgIpc) is 2.89. The summed E-state index contributed by atoms with van der Waals surface area (Å²) in [6.07, 6.45) is 4.73. The molecule has 2 aromatic rings. The molecule has 1 aliphatic carbocycles. The van der Waals surface area contributed by atoms with Crippen LogP contribution in [0.15, 0.2) is 24.5 Å². The van der Waals surface area contributed by atoms with Crippen molar-refractivity contribution < 1.29 is 9.90 Å². The molecule has 23 heavy (non-hydrogen) atoms. The number of carbonyl (C=O) groups is 1. The molecule has 1 saturated carbocycles. The minimum atomic E-state index is -0.541. The van der Waals surface area contributed by atoms with E-state index in [-0.39, 0.29) is 17.9 Å². The number of nitrogens with one attached hydrogen (secondary N) is 1. The summed E-state index contributed by atoms with van der Waals surface area (Å²) in [6.45, 7) is 1.86. The fraction of sp³-hybridized carbons (Fsp3) is 0.500. The van der Waals surface area contributed by atoms with Crippen LogP contribution in [0, 0.1) is 6.92 Å². The van der Waals surface area contributed by atoms with Gasteiger partial charge in [0.15, 0.2) is 0 Å². The summed E-state index contributed by atoms with van der Waals surface area (Å²) in [7, 11) is 1.88. The maximum atomic E-state index is 12.3. The number of aliphatic hydroxyl groups is 1. The summed E-state index contributed by atoms with van der Waals surface area (Å²) in [6, 6.07) is 3.14. The fourth-order valence-corrected chi connectivity index (χ4v) is 3.18. The largest absolute Gasteiger partial charge is 0.391 e. The summed E-state index contributed by atoms with van der Waals surface area (Å²) in [5, 5.41) is 17.4. The molecule has 0 aliphatic heterocycles. The van der Waals surface area contributed by atoms with Crippen molar-refractivity contribution in [1.82, 2.24) is 25.1 Å². The van der Waals surface area contributed by atoms with Gasteiger partial charge in [0.05, 0.1) is 17.7 Å². The second kappa shape index (κ2) is 6.45. The second-order valence-electron chi connectivity index (χ2n) is 6.04. The topological polar surface area (TPSA) is 92.9 Å². The second-order valence-corrected chi connectivity index (χ2v) is 6.04. The average molecular weight is 315 g/mol. The third kappa shape index (κ3) is 3.39. The van der Waals surface area contributed by atoms with E-state index in [9.17, 15) is 9.90 Å². The van der Waals surface area contributed by atoms with E-state index in [2.05, 4.69) is 20.4 Å². The maximum Gasteiger partial charge on any atom is 0.253 e. The fourth-order valence-electron chi connectivity index (χ4n) is 3.18. The van der Waals surface area contributed by atoms with Gasteiger partial charge >= 0.3 is 0 Å². The molecule has 1 aliphatic rings. The van der Waals surface area contributed by atoms with Crippen molar-refractivity contribution in [3.05, 3.63) is 41.7 Å². The zero-order valence-corrected chi connectivity index (χ0v) is 13.3. The van der Waals surface area contributed by atoms with Gasteiger partial charge < -0.3 is 10.4 Å². The molecular formula is C16H21N5O2. The highest BCUT2D eigenvalue weighted by Crippen LogP contribution is 2.32. The zero-order chi connectivity index (χ0) is 16.4. The number of pyridine rings is 1. The molecule has 2 heterocycles. The number of rotatable bonds is 3. The molecule has 0 radical (unpaired) electrons. The van der Waals surface area contributed by atoms with E-state index in [1.165, 1.54) is 6.20 Å². The van der Waals surface area contributed by atoms with Gasteiger partial charge in [-0.05, 0) is 38.3 Å². The number of hydrogen-bond acceptors (Lipinski definition) is 5. The molecule has 1 amide bonds. The minimum absolute atomic E-state index is 0.184. The van der Waals surface area contributed by atoms with E-state index in [1.807, 2.05) is 14.0 Å². The number of nitrogens with zero attached hydrogens (tertiary/aromatic N) is 4. The van der Waals surface area contributed by atoms with Crippen molar-refractivity contribution >= 4 is 5.91 Å². The third-order valence-corrected chi connectivity index (χ3v) is 4.32. The van der Waals surface area contributed by atoms with Crippen LogP contribution in [0.2, 0.25) is 0 Å². The van der Waals surface area contributed by atoms with E-state index in [1.54, 1.807) is 23.0 Å². The van der Waals surface area contributed by atoms with E-state index < -0.39 is 6.10 Å². The Balaban J connectivity index is 1.71. The number of aryl methyl sites for hydroxylation is 2. The minimum Gasteiger partial charge on any atom is -0.391 e. The normalized spacial score (nSPS) is 24.4. The summed E-state index contributed by atoms with van der Waals surface area (Å²) in [5.41, 5.74) is 0.497. The van der Waals surface area contributed by atoms with E-state index in [0.29, 0.717) is 18.4 Å². The molecule has 3 rings (SSSR count). The third-order valence-electron chi connectivity index (χ3n) is 4.32. The Morgan fingerprint density at radius 2 is 2.26 bits per heavy atom. The Kier molecular flexibility index (Phi) is 4.38. The summed E-state index contributed by atoms with van der Waals surface area (Å²) >= 11 is 0. The van der Waals surface area contributed by atoms with Gasteiger partial charge in [0.2, 0.25) is 0 Å². The van der Waals surface area contributed by atoms with Crippen molar-refractivity contribution in [3.63, 3.8) is 0 Å². The first kappa shape index (κ1) is 15.6. The van der Waals surface area contributed by atoms with Crippen molar-refractivity contribution in [2.75, 3.05) is 0 Å².